The zero-order valence-electron chi connectivity index (χ0n) is 15.6. The van der Waals surface area contributed by atoms with E-state index < -0.39 is 16.5 Å². The second-order valence-electron chi connectivity index (χ2n) is 6.78. The van der Waals surface area contributed by atoms with Gasteiger partial charge < -0.3 is 13.9 Å². The van der Waals surface area contributed by atoms with Crippen molar-refractivity contribution in [3.05, 3.63) is 79.2 Å². The Bertz CT molecular complexity index is 1200. The van der Waals surface area contributed by atoms with Crippen LogP contribution in [0.3, 0.4) is 0 Å². The minimum absolute atomic E-state index is 0.0191. The summed E-state index contributed by atoms with van der Waals surface area (Å²) in [6.07, 6.45) is 2.96. The van der Waals surface area contributed by atoms with E-state index in [1.54, 1.807) is 0 Å². The lowest BCUT2D eigenvalue weighted by molar-refractivity contribution is -0.385. The first-order valence-corrected chi connectivity index (χ1v) is 9.04. The third-order valence-corrected chi connectivity index (χ3v) is 5.01. The highest BCUT2D eigenvalue weighted by atomic mass is 16.6. The van der Waals surface area contributed by atoms with E-state index in [0.717, 1.165) is 30.7 Å². The van der Waals surface area contributed by atoms with E-state index in [1.165, 1.54) is 36.4 Å². The van der Waals surface area contributed by atoms with Crippen molar-refractivity contribution in [1.82, 2.24) is 0 Å². The number of methoxy groups -OCH3 is 1. The fourth-order valence-corrected chi connectivity index (χ4v) is 3.60. The van der Waals surface area contributed by atoms with Crippen molar-refractivity contribution in [1.29, 1.82) is 0 Å². The number of nitro groups is 1. The van der Waals surface area contributed by atoms with Gasteiger partial charge in [0.05, 0.1) is 17.6 Å². The Kier molecular flexibility index (Phi) is 4.75. The number of hydrogen-bond acceptors (Lipinski definition) is 7. The van der Waals surface area contributed by atoms with Crippen LogP contribution in [-0.2, 0) is 24.2 Å². The Labute approximate surface area is 164 Å². The van der Waals surface area contributed by atoms with Crippen LogP contribution in [-0.4, -0.2) is 18.0 Å². The van der Waals surface area contributed by atoms with Gasteiger partial charge in [-0.1, -0.05) is 0 Å². The van der Waals surface area contributed by atoms with Gasteiger partial charge in [0.1, 0.15) is 12.2 Å². The molecule has 0 saturated carbocycles. The van der Waals surface area contributed by atoms with Crippen LogP contribution < -0.4 is 10.4 Å². The number of fused-ring (bicyclic) bond motifs is 2. The summed E-state index contributed by atoms with van der Waals surface area (Å²) in [6, 6.07) is 8.97. The first kappa shape index (κ1) is 18.7. The average Bonchev–Trinajstić information content (AvgIpc) is 3.16. The second-order valence-corrected chi connectivity index (χ2v) is 6.78. The molecular weight excluding hydrogens is 378 g/mol. The van der Waals surface area contributed by atoms with Crippen LogP contribution in [0.5, 0.6) is 5.75 Å². The monoisotopic (exact) mass is 395 g/mol. The smallest absolute Gasteiger partial charge is 0.338 e. The molecule has 1 aliphatic rings. The minimum atomic E-state index is -0.738. The van der Waals surface area contributed by atoms with Gasteiger partial charge in [-0.25, -0.2) is 9.59 Å². The number of nitrogens with zero attached hydrogens (tertiary/aromatic N) is 1. The summed E-state index contributed by atoms with van der Waals surface area (Å²) >= 11 is 0. The lowest BCUT2D eigenvalue weighted by Gasteiger charge is -2.09. The molecule has 0 amide bonds. The van der Waals surface area contributed by atoms with E-state index in [1.807, 2.05) is 12.1 Å². The van der Waals surface area contributed by atoms with E-state index in [4.69, 9.17) is 13.9 Å². The molecule has 8 nitrogen and oxygen atoms in total. The van der Waals surface area contributed by atoms with Crippen LogP contribution in [0.2, 0.25) is 0 Å². The van der Waals surface area contributed by atoms with Gasteiger partial charge in [0.25, 0.3) is 0 Å². The molecule has 1 heterocycles. The third kappa shape index (κ3) is 3.56. The SMILES string of the molecule is COc1ccc(C(=O)OCc2cc(=O)oc3cc4c(cc23)CCC4)cc1[N+](=O)[O-]. The lowest BCUT2D eigenvalue weighted by atomic mass is 10.0. The van der Waals surface area contributed by atoms with Gasteiger partial charge >= 0.3 is 17.3 Å². The standard InChI is InChI=1S/C21H17NO7/c1-27-18-6-5-14(8-17(18)22(25)26)21(24)28-11-15-10-20(23)29-19-9-13-4-2-3-12(13)7-16(15)19/h5-10H,2-4,11H2,1H3. The summed E-state index contributed by atoms with van der Waals surface area (Å²) in [5.41, 5.74) is 2.52. The highest BCUT2D eigenvalue weighted by molar-refractivity contribution is 5.91. The first-order valence-electron chi connectivity index (χ1n) is 9.04. The van der Waals surface area contributed by atoms with Gasteiger partial charge in [-0.05, 0) is 54.7 Å². The number of esters is 1. The van der Waals surface area contributed by atoms with Crippen molar-refractivity contribution in [2.75, 3.05) is 7.11 Å². The summed E-state index contributed by atoms with van der Waals surface area (Å²) in [6.45, 7) is -0.153. The van der Waals surface area contributed by atoms with E-state index in [0.29, 0.717) is 11.1 Å². The maximum Gasteiger partial charge on any atom is 0.338 e. The predicted molar refractivity (Wildman–Crippen MR) is 103 cm³/mol. The molecule has 0 aliphatic heterocycles. The molecule has 0 radical (unpaired) electrons. The Balaban J connectivity index is 1.61. The maximum absolute atomic E-state index is 12.4. The number of carbonyl (C=O) groups is 1. The zero-order valence-corrected chi connectivity index (χ0v) is 15.6. The molecule has 29 heavy (non-hydrogen) atoms. The van der Waals surface area contributed by atoms with Crippen molar-refractivity contribution < 1.29 is 23.6 Å². The van der Waals surface area contributed by atoms with Crippen LogP contribution in [0, 0.1) is 10.1 Å². The molecular formula is C21H17NO7. The van der Waals surface area contributed by atoms with Crippen molar-refractivity contribution in [3.8, 4) is 5.75 Å². The molecule has 0 saturated heterocycles. The van der Waals surface area contributed by atoms with Crippen molar-refractivity contribution in [3.63, 3.8) is 0 Å². The summed E-state index contributed by atoms with van der Waals surface area (Å²) in [4.78, 5) is 34.8. The quantitative estimate of drug-likeness (QED) is 0.281. The summed E-state index contributed by atoms with van der Waals surface area (Å²) in [7, 11) is 1.31. The summed E-state index contributed by atoms with van der Waals surface area (Å²) < 4.78 is 15.6. The third-order valence-electron chi connectivity index (χ3n) is 5.01. The highest BCUT2D eigenvalue weighted by Crippen LogP contribution is 2.30. The molecule has 8 heteroatoms. The fourth-order valence-electron chi connectivity index (χ4n) is 3.60. The van der Waals surface area contributed by atoms with Gasteiger partial charge in [0.15, 0.2) is 5.75 Å². The number of nitro benzene ring substituents is 1. The number of aryl methyl sites for hydroxylation is 2. The summed E-state index contributed by atoms with van der Waals surface area (Å²) in [5, 5.41) is 11.9. The predicted octanol–water partition coefficient (Wildman–Crippen LogP) is 3.56. The first-order chi connectivity index (χ1) is 14.0. The average molecular weight is 395 g/mol. The Hall–Kier alpha value is -3.68. The highest BCUT2D eigenvalue weighted by Gasteiger charge is 2.20. The fraction of sp³-hybridized carbons (Fsp3) is 0.238. The van der Waals surface area contributed by atoms with E-state index in [2.05, 4.69) is 0 Å². The van der Waals surface area contributed by atoms with Crippen molar-refractivity contribution in [2.24, 2.45) is 0 Å². The zero-order chi connectivity index (χ0) is 20.5. The lowest BCUT2D eigenvalue weighted by Crippen LogP contribution is -2.09. The number of benzene rings is 2. The largest absolute Gasteiger partial charge is 0.490 e. The molecule has 0 N–H and O–H groups in total. The van der Waals surface area contributed by atoms with Crippen LogP contribution in [0.1, 0.15) is 33.5 Å². The normalized spacial score (nSPS) is 12.6. The number of rotatable bonds is 5. The topological polar surface area (TPSA) is 109 Å². The van der Waals surface area contributed by atoms with Crippen molar-refractivity contribution >= 4 is 22.6 Å². The van der Waals surface area contributed by atoms with E-state index >= 15 is 0 Å². The van der Waals surface area contributed by atoms with Crippen LogP contribution in [0.25, 0.3) is 11.0 Å². The van der Waals surface area contributed by atoms with Gasteiger partial charge in [0.2, 0.25) is 0 Å². The molecule has 1 aromatic heterocycles. The van der Waals surface area contributed by atoms with Crippen LogP contribution in [0.15, 0.2) is 45.6 Å². The Morgan fingerprint density at radius 1 is 1.17 bits per heavy atom. The molecule has 1 aliphatic carbocycles. The maximum atomic E-state index is 12.4. The number of hydrogen-bond donors (Lipinski definition) is 0. The molecule has 0 atom stereocenters. The van der Waals surface area contributed by atoms with Gasteiger partial charge in [-0.2, -0.15) is 0 Å². The Morgan fingerprint density at radius 2 is 1.93 bits per heavy atom. The van der Waals surface area contributed by atoms with Crippen molar-refractivity contribution in [2.45, 2.75) is 25.9 Å². The van der Waals surface area contributed by atoms with Gasteiger partial charge in [-0.15, -0.1) is 0 Å². The number of ether oxygens (including phenoxy) is 2. The second kappa shape index (κ2) is 7.38. The molecule has 0 spiro atoms. The summed E-state index contributed by atoms with van der Waals surface area (Å²) in [5.74, 6) is -0.689. The molecule has 148 valence electrons. The molecule has 4 rings (SSSR count). The minimum Gasteiger partial charge on any atom is -0.490 e. The van der Waals surface area contributed by atoms with E-state index in [9.17, 15) is 19.7 Å². The molecule has 0 bridgehead atoms. The van der Waals surface area contributed by atoms with Gasteiger partial charge in [0, 0.05) is 23.1 Å². The molecule has 2 aromatic carbocycles. The van der Waals surface area contributed by atoms with E-state index in [-0.39, 0.29) is 23.6 Å². The number of carbonyl (C=O) groups excluding carboxylic acids is 1. The Morgan fingerprint density at radius 3 is 2.66 bits per heavy atom. The molecule has 0 unspecified atom stereocenters. The van der Waals surface area contributed by atoms with Crippen LogP contribution >= 0.6 is 0 Å². The van der Waals surface area contributed by atoms with Gasteiger partial charge in [-0.3, -0.25) is 10.1 Å². The van der Waals surface area contributed by atoms with Crippen LogP contribution in [0.4, 0.5) is 5.69 Å². The molecule has 3 aromatic rings. The molecule has 0 fully saturated rings.